The Hall–Kier alpha value is -0.740. The van der Waals surface area contributed by atoms with E-state index in [1.165, 1.54) is 6.07 Å². The van der Waals surface area contributed by atoms with E-state index < -0.39 is 10.8 Å². The second kappa shape index (κ2) is 7.64. The maximum Gasteiger partial charge on any atom is 0.139 e. The highest BCUT2D eigenvalue weighted by Gasteiger charge is 2.18. The van der Waals surface area contributed by atoms with Crippen LogP contribution in [0.4, 0.5) is 4.39 Å². The third-order valence-electron chi connectivity index (χ3n) is 2.85. The molecule has 0 fully saturated rings. The summed E-state index contributed by atoms with van der Waals surface area (Å²) in [6.07, 6.45) is 1.86. The smallest absolute Gasteiger partial charge is 0.139 e. The van der Waals surface area contributed by atoms with Crippen molar-refractivity contribution in [2.75, 3.05) is 6.54 Å². The molecule has 1 rings (SSSR count). The molecular weight excluding hydrogens is 249 g/mol. The Morgan fingerprint density at radius 1 is 1.33 bits per heavy atom. The molecule has 1 aromatic rings. The summed E-state index contributed by atoms with van der Waals surface area (Å²) in [6.45, 7) is 7.05. The molecule has 0 amide bonds. The summed E-state index contributed by atoms with van der Waals surface area (Å²) in [5.74, 6) is -0.378. The Kier molecular flexibility index (Phi) is 6.50. The second-order valence-corrected chi connectivity index (χ2v) is 6.47. The molecule has 1 N–H and O–H groups in total. The molecule has 0 aromatic heterocycles. The lowest BCUT2D eigenvalue weighted by Gasteiger charge is -2.18. The van der Waals surface area contributed by atoms with Crippen LogP contribution in [0, 0.1) is 5.82 Å². The van der Waals surface area contributed by atoms with Crippen molar-refractivity contribution in [3.63, 3.8) is 0 Å². The first-order chi connectivity index (χ1) is 8.56. The summed E-state index contributed by atoms with van der Waals surface area (Å²) < 4.78 is 25.7. The quantitative estimate of drug-likeness (QED) is 0.825. The van der Waals surface area contributed by atoms with Crippen LogP contribution in [-0.4, -0.2) is 22.0 Å². The van der Waals surface area contributed by atoms with Crippen molar-refractivity contribution in [1.29, 1.82) is 0 Å². The van der Waals surface area contributed by atoms with Gasteiger partial charge in [0.2, 0.25) is 0 Å². The van der Waals surface area contributed by atoms with Gasteiger partial charge in [0.25, 0.3) is 0 Å². The summed E-state index contributed by atoms with van der Waals surface area (Å²) in [5, 5.41) is 3.30. The topological polar surface area (TPSA) is 29.1 Å². The Bertz CT molecular complexity index is 397. The molecule has 18 heavy (non-hydrogen) atoms. The Labute approximate surface area is 111 Å². The van der Waals surface area contributed by atoms with Gasteiger partial charge in [-0.3, -0.25) is 4.21 Å². The van der Waals surface area contributed by atoms with Crippen LogP contribution in [0.1, 0.15) is 33.6 Å². The maximum absolute atomic E-state index is 13.5. The fourth-order valence-electron chi connectivity index (χ4n) is 1.88. The van der Waals surface area contributed by atoms with E-state index in [0.29, 0.717) is 10.9 Å². The molecular formula is C14H22FNOS. The number of halogens is 1. The van der Waals surface area contributed by atoms with Crippen molar-refractivity contribution in [2.24, 2.45) is 0 Å². The second-order valence-electron chi connectivity index (χ2n) is 4.63. The molecule has 4 heteroatoms. The van der Waals surface area contributed by atoms with Crippen molar-refractivity contribution in [1.82, 2.24) is 5.32 Å². The highest BCUT2D eigenvalue weighted by Crippen LogP contribution is 2.17. The highest BCUT2D eigenvalue weighted by molar-refractivity contribution is 7.85. The fraction of sp³-hybridized carbons (Fsp3) is 0.571. The van der Waals surface area contributed by atoms with Gasteiger partial charge in [-0.05, 0) is 38.4 Å². The minimum absolute atomic E-state index is 0.0544. The predicted molar refractivity (Wildman–Crippen MR) is 74.6 cm³/mol. The number of nitrogens with one attached hydrogen (secondary N) is 1. The molecule has 0 spiro atoms. The van der Waals surface area contributed by atoms with Crippen LogP contribution >= 0.6 is 0 Å². The van der Waals surface area contributed by atoms with Gasteiger partial charge in [0, 0.05) is 11.3 Å². The number of rotatable bonds is 7. The highest BCUT2D eigenvalue weighted by atomic mass is 32.2. The van der Waals surface area contributed by atoms with Crippen LogP contribution in [0.5, 0.6) is 0 Å². The number of hydrogen-bond acceptors (Lipinski definition) is 2. The number of hydrogen-bond donors (Lipinski definition) is 1. The van der Waals surface area contributed by atoms with Gasteiger partial charge in [0.05, 0.1) is 15.7 Å². The van der Waals surface area contributed by atoms with Gasteiger partial charge in [-0.2, -0.15) is 0 Å². The zero-order valence-corrected chi connectivity index (χ0v) is 12.1. The molecule has 0 radical (unpaired) electrons. The van der Waals surface area contributed by atoms with Crippen LogP contribution in [0.25, 0.3) is 0 Å². The largest absolute Gasteiger partial charge is 0.314 e. The summed E-state index contributed by atoms with van der Waals surface area (Å²) >= 11 is 0. The zero-order chi connectivity index (χ0) is 13.5. The van der Waals surface area contributed by atoms with Crippen molar-refractivity contribution in [3.8, 4) is 0 Å². The van der Waals surface area contributed by atoms with Gasteiger partial charge in [-0.25, -0.2) is 4.39 Å². The molecule has 3 atom stereocenters. The third-order valence-corrected chi connectivity index (χ3v) is 4.54. The molecule has 0 bridgehead atoms. The van der Waals surface area contributed by atoms with Crippen molar-refractivity contribution in [3.05, 3.63) is 30.1 Å². The number of benzene rings is 1. The average Bonchev–Trinajstić information content (AvgIpc) is 2.36. The molecule has 0 aliphatic heterocycles. The van der Waals surface area contributed by atoms with Crippen LogP contribution in [0.15, 0.2) is 29.2 Å². The predicted octanol–water partition coefficient (Wildman–Crippen LogP) is 3.10. The average molecular weight is 271 g/mol. The molecule has 0 heterocycles. The van der Waals surface area contributed by atoms with Crippen molar-refractivity contribution < 1.29 is 8.60 Å². The summed E-state index contributed by atoms with van der Waals surface area (Å²) in [7, 11) is -1.28. The summed E-state index contributed by atoms with van der Waals surface area (Å²) in [6, 6.07) is 6.61. The van der Waals surface area contributed by atoms with E-state index in [4.69, 9.17) is 0 Å². The van der Waals surface area contributed by atoms with Crippen LogP contribution < -0.4 is 5.32 Å². The van der Waals surface area contributed by atoms with Crippen LogP contribution in [0.2, 0.25) is 0 Å². The molecule has 102 valence electrons. The minimum Gasteiger partial charge on any atom is -0.314 e. The Morgan fingerprint density at radius 2 is 2.00 bits per heavy atom. The molecule has 0 saturated heterocycles. The maximum atomic E-state index is 13.5. The summed E-state index contributed by atoms with van der Waals surface area (Å²) in [5.41, 5.74) is 0. The Morgan fingerprint density at radius 3 is 2.61 bits per heavy atom. The van der Waals surface area contributed by atoms with Gasteiger partial charge < -0.3 is 5.32 Å². The molecule has 0 saturated carbocycles. The molecule has 0 aliphatic rings. The third kappa shape index (κ3) is 4.50. The van der Waals surface area contributed by atoms with Crippen LogP contribution in [0.3, 0.4) is 0 Å². The summed E-state index contributed by atoms with van der Waals surface area (Å²) in [4.78, 5) is 0.313. The van der Waals surface area contributed by atoms with E-state index in [1.54, 1.807) is 18.2 Å². The fourth-order valence-corrected chi connectivity index (χ4v) is 3.25. The van der Waals surface area contributed by atoms with Crippen LogP contribution in [-0.2, 0) is 10.8 Å². The van der Waals surface area contributed by atoms with Crippen molar-refractivity contribution in [2.45, 2.75) is 49.8 Å². The normalized spacial score (nSPS) is 16.2. The molecule has 2 nitrogen and oxygen atoms in total. The van der Waals surface area contributed by atoms with E-state index in [-0.39, 0.29) is 11.1 Å². The first kappa shape index (κ1) is 15.3. The van der Waals surface area contributed by atoms with Gasteiger partial charge in [-0.15, -0.1) is 0 Å². The zero-order valence-electron chi connectivity index (χ0n) is 11.3. The molecule has 3 unspecified atom stereocenters. The minimum atomic E-state index is -1.28. The monoisotopic (exact) mass is 271 g/mol. The van der Waals surface area contributed by atoms with E-state index >= 15 is 0 Å². The SMILES string of the molecule is CCCNC(C)CC(C)S(=O)c1ccccc1F. The van der Waals surface area contributed by atoms with Gasteiger partial charge >= 0.3 is 0 Å². The van der Waals surface area contributed by atoms with E-state index in [0.717, 1.165) is 19.4 Å². The lowest BCUT2D eigenvalue weighted by molar-refractivity contribution is 0.507. The first-order valence-electron chi connectivity index (χ1n) is 6.44. The Balaban J connectivity index is 2.59. The standard InChI is InChI=1S/C14H22FNOS/c1-4-9-16-11(2)10-12(3)18(17)14-8-6-5-7-13(14)15/h5-8,11-12,16H,4,9-10H2,1-3H3. The first-order valence-corrected chi connectivity index (χ1v) is 7.66. The van der Waals surface area contributed by atoms with Gasteiger partial charge in [-0.1, -0.05) is 26.0 Å². The lowest BCUT2D eigenvalue weighted by atomic mass is 10.2. The van der Waals surface area contributed by atoms with Crippen molar-refractivity contribution >= 4 is 10.8 Å². The van der Waals surface area contributed by atoms with E-state index in [9.17, 15) is 8.60 Å². The van der Waals surface area contributed by atoms with Gasteiger partial charge in [0.1, 0.15) is 5.82 Å². The molecule has 1 aromatic carbocycles. The van der Waals surface area contributed by atoms with E-state index in [1.807, 2.05) is 6.92 Å². The lowest BCUT2D eigenvalue weighted by Crippen LogP contribution is -2.31. The van der Waals surface area contributed by atoms with E-state index in [2.05, 4.69) is 19.2 Å². The van der Waals surface area contributed by atoms with Gasteiger partial charge in [0.15, 0.2) is 0 Å². The molecule has 0 aliphatic carbocycles.